The zero-order chi connectivity index (χ0) is 18.6. The van der Waals surface area contributed by atoms with Crippen LogP contribution in [0, 0.1) is 0 Å². The van der Waals surface area contributed by atoms with Gasteiger partial charge in [-0.2, -0.15) is 0 Å². The number of anilines is 3. The van der Waals surface area contributed by atoms with Gasteiger partial charge in [-0.15, -0.1) is 0 Å². The molecular weight excluding hydrogens is 366 g/mol. The van der Waals surface area contributed by atoms with Gasteiger partial charge in [0.1, 0.15) is 19.0 Å². The zero-order valence-electron chi connectivity index (χ0n) is 14.2. The monoisotopic (exact) mass is 381 g/mol. The Hall–Kier alpha value is -3.25. The van der Waals surface area contributed by atoms with Crippen molar-refractivity contribution in [2.45, 2.75) is 0 Å². The maximum absolute atomic E-state index is 12.2. The van der Waals surface area contributed by atoms with Gasteiger partial charge in [0.2, 0.25) is 0 Å². The van der Waals surface area contributed by atoms with Crippen molar-refractivity contribution in [2.75, 3.05) is 23.8 Å². The van der Waals surface area contributed by atoms with Crippen molar-refractivity contribution in [3.05, 3.63) is 71.4 Å². The number of aromatic nitrogens is 1. The highest BCUT2D eigenvalue weighted by molar-refractivity contribution is 6.31. The lowest BCUT2D eigenvalue weighted by Gasteiger charge is -2.19. The molecule has 0 spiro atoms. The third-order valence-corrected chi connectivity index (χ3v) is 4.16. The molecular formula is C20H16ClN3O3. The van der Waals surface area contributed by atoms with Gasteiger partial charge in [0.05, 0.1) is 11.9 Å². The van der Waals surface area contributed by atoms with E-state index in [-0.39, 0.29) is 5.91 Å². The van der Waals surface area contributed by atoms with Crippen molar-refractivity contribution in [3.63, 3.8) is 0 Å². The van der Waals surface area contributed by atoms with E-state index in [0.29, 0.717) is 35.4 Å². The lowest BCUT2D eigenvalue weighted by molar-refractivity contribution is 0.102. The number of hydrogen-bond acceptors (Lipinski definition) is 5. The van der Waals surface area contributed by atoms with Gasteiger partial charge in [-0.05, 0) is 42.5 Å². The second kappa shape index (κ2) is 7.55. The number of hydrogen-bond donors (Lipinski definition) is 2. The Kier molecular flexibility index (Phi) is 4.80. The second-order valence-electron chi connectivity index (χ2n) is 5.88. The van der Waals surface area contributed by atoms with E-state index in [1.165, 1.54) is 0 Å². The van der Waals surface area contributed by atoms with Crippen LogP contribution in [0.5, 0.6) is 11.5 Å². The third kappa shape index (κ3) is 4.12. The fraction of sp³-hybridized carbons (Fsp3) is 0.100. The topological polar surface area (TPSA) is 72.5 Å². The number of carbonyl (C=O) groups is 1. The summed E-state index contributed by atoms with van der Waals surface area (Å²) in [6, 6.07) is 15.9. The van der Waals surface area contributed by atoms with Crippen LogP contribution in [0.2, 0.25) is 5.02 Å². The summed E-state index contributed by atoms with van der Waals surface area (Å²) in [5.41, 5.74) is 2.12. The number of carbonyl (C=O) groups excluding carboxylic acids is 1. The molecule has 1 aliphatic heterocycles. The summed E-state index contributed by atoms with van der Waals surface area (Å²) >= 11 is 5.91. The summed E-state index contributed by atoms with van der Waals surface area (Å²) in [4.78, 5) is 16.5. The Morgan fingerprint density at radius 1 is 0.963 bits per heavy atom. The van der Waals surface area contributed by atoms with E-state index in [0.717, 1.165) is 17.1 Å². The fourth-order valence-corrected chi connectivity index (χ4v) is 2.84. The van der Waals surface area contributed by atoms with Crippen LogP contribution in [-0.2, 0) is 0 Å². The molecule has 7 heteroatoms. The van der Waals surface area contributed by atoms with E-state index in [9.17, 15) is 4.79 Å². The number of rotatable bonds is 4. The lowest BCUT2D eigenvalue weighted by atomic mass is 10.2. The van der Waals surface area contributed by atoms with Gasteiger partial charge in [0.15, 0.2) is 11.5 Å². The van der Waals surface area contributed by atoms with Gasteiger partial charge in [-0.1, -0.05) is 17.7 Å². The Labute approximate surface area is 161 Å². The normalized spacial score (nSPS) is 12.3. The summed E-state index contributed by atoms with van der Waals surface area (Å²) in [5, 5.41) is 6.50. The molecule has 2 N–H and O–H groups in total. The molecule has 6 nitrogen and oxygen atoms in total. The third-order valence-electron chi connectivity index (χ3n) is 3.92. The number of fused-ring (bicyclic) bond motifs is 1. The van der Waals surface area contributed by atoms with Crippen LogP contribution in [0.4, 0.5) is 17.2 Å². The molecule has 0 saturated heterocycles. The molecule has 0 bridgehead atoms. The summed E-state index contributed by atoms with van der Waals surface area (Å²) in [5.74, 6) is 1.64. The van der Waals surface area contributed by atoms with E-state index in [1.807, 2.05) is 24.3 Å². The zero-order valence-corrected chi connectivity index (χ0v) is 15.0. The standard InChI is InChI=1S/C20H16ClN3O3/c21-14-3-1-2-13(10-14)20(25)24-19-7-5-16(12-22-19)23-15-4-6-17-18(11-15)27-9-8-26-17/h1-7,10-12,23H,8-9H2,(H,22,24,25). The molecule has 1 aromatic heterocycles. The fourth-order valence-electron chi connectivity index (χ4n) is 2.65. The number of pyridine rings is 1. The van der Waals surface area contributed by atoms with E-state index in [2.05, 4.69) is 15.6 Å². The lowest BCUT2D eigenvalue weighted by Crippen LogP contribution is -2.15. The number of amides is 1. The van der Waals surface area contributed by atoms with E-state index >= 15 is 0 Å². The first kappa shape index (κ1) is 17.2. The van der Waals surface area contributed by atoms with Crippen molar-refractivity contribution >= 4 is 34.7 Å². The van der Waals surface area contributed by atoms with Crippen molar-refractivity contribution in [1.29, 1.82) is 0 Å². The Morgan fingerprint density at radius 3 is 2.56 bits per heavy atom. The van der Waals surface area contributed by atoms with E-state index in [1.54, 1.807) is 36.5 Å². The molecule has 136 valence electrons. The molecule has 27 heavy (non-hydrogen) atoms. The molecule has 1 aliphatic rings. The number of nitrogens with one attached hydrogen (secondary N) is 2. The minimum absolute atomic E-state index is 0.266. The Bertz CT molecular complexity index is 976. The van der Waals surface area contributed by atoms with Crippen molar-refractivity contribution in [2.24, 2.45) is 0 Å². The molecule has 0 fully saturated rings. The highest BCUT2D eigenvalue weighted by Gasteiger charge is 2.12. The highest BCUT2D eigenvalue weighted by Crippen LogP contribution is 2.33. The Balaban J connectivity index is 1.42. The summed E-state index contributed by atoms with van der Waals surface area (Å²) < 4.78 is 11.1. The minimum atomic E-state index is -0.266. The minimum Gasteiger partial charge on any atom is -0.486 e. The SMILES string of the molecule is O=C(Nc1ccc(Nc2ccc3c(c2)OCCO3)cn1)c1cccc(Cl)c1. The quantitative estimate of drug-likeness (QED) is 0.696. The number of ether oxygens (including phenoxy) is 2. The van der Waals surface area contributed by atoms with Gasteiger partial charge >= 0.3 is 0 Å². The molecule has 4 rings (SSSR count). The second-order valence-corrected chi connectivity index (χ2v) is 6.32. The average molecular weight is 382 g/mol. The predicted molar refractivity (Wildman–Crippen MR) is 104 cm³/mol. The number of halogens is 1. The van der Waals surface area contributed by atoms with Gasteiger partial charge in [0.25, 0.3) is 5.91 Å². The van der Waals surface area contributed by atoms with Crippen LogP contribution in [0.1, 0.15) is 10.4 Å². The number of nitrogens with zero attached hydrogens (tertiary/aromatic N) is 1. The smallest absolute Gasteiger partial charge is 0.256 e. The average Bonchev–Trinajstić information content (AvgIpc) is 2.69. The molecule has 0 radical (unpaired) electrons. The summed E-state index contributed by atoms with van der Waals surface area (Å²) in [6.45, 7) is 1.10. The molecule has 2 heterocycles. The first-order chi connectivity index (χ1) is 13.2. The van der Waals surface area contributed by atoms with Gasteiger partial charge in [-0.3, -0.25) is 4.79 Å². The predicted octanol–water partition coefficient (Wildman–Crippen LogP) is 4.50. The Morgan fingerprint density at radius 2 is 1.78 bits per heavy atom. The maximum Gasteiger partial charge on any atom is 0.256 e. The maximum atomic E-state index is 12.2. The first-order valence-electron chi connectivity index (χ1n) is 8.37. The number of benzene rings is 2. The molecule has 0 saturated carbocycles. The van der Waals surface area contributed by atoms with Crippen LogP contribution in [0.15, 0.2) is 60.8 Å². The van der Waals surface area contributed by atoms with Crippen LogP contribution >= 0.6 is 11.6 Å². The van der Waals surface area contributed by atoms with Gasteiger partial charge in [0, 0.05) is 22.3 Å². The van der Waals surface area contributed by atoms with Crippen molar-refractivity contribution < 1.29 is 14.3 Å². The van der Waals surface area contributed by atoms with E-state index in [4.69, 9.17) is 21.1 Å². The highest BCUT2D eigenvalue weighted by atomic mass is 35.5. The van der Waals surface area contributed by atoms with E-state index < -0.39 is 0 Å². The largest absolute Gasteiger partial charge is 0.486 e. The van der Waals surface area contributed by atoms with Crippen LogP contribution < -0.4 is 20.1 Å². The van der Waals surface area contributed by atoms with Gasteiger partial charge < -0.3 is 20.1 Å². The molecule has 0 unspecified atom stereocenters. The molecule has 2 aromatic carbocycles. The van der Waals surface area contributed by atoms with Crippen LogP contribution in [0.3, 0.4) is 0 Å². The molecule has 1 amide bonds. The van der Waals surface area contributed by atoms with Gasteiger partial charge in [-0.25, -0.2) is 4.98 Å². The molecule has 3 aromatic rings. The van der Waals surface area contributed by atoms with Crippen molar-refractivity contribution in [1.82, 2.24) is 4.98 Å². The van der Waals surface area contributed by atoms with Crippen LogP contribution in [-0.4, -0.2) is 24.1 Å². The van der Waals surface area contributed by atoms with Crippen LogP contribution in [0.25, 0.3) is 0 Å². The molecule has 0 atom stereocenters. The van der Waals surface area contributed by atoms with Crippen molar-refractivity contribution in [3.8, 4) is 11.5 Å². The molecule has 0 aliphatic carbocycles. The summed E-state index contributed by atoms with van der Waals surface area (Å²) in [6.07, 6.45) is 1.64. The first-order valence-corrected chi connectivity index (χ1v) is 8.75. The summed E-state index contributed by atoms with van der Waals surface area (Å²) in [7, 11) is 0.